The van der Waals surface area contributed by atoms with Gasteiger partial charge in [0.15, 0.2) is 5.76 Å². The average molecular weight is 454 g/mol. The number of sulfone groups is 1. The van der Waals surface area contributed by atoms with Crippen molar-refractivity contribution in [1.29, 1.82) is 0 Å². The van der Waals surface area contributed by atoms with Gasteiger partial charge in [-0.2, -0.15) is 5.10 Å². The summed E-state index contributed by atoms with van der Waals surface area (Å²) in [5, 5.41) is 17.9. The average Bonchev–Trinajstić information content (AvgIpc) is 3.29. The minimum atomic E-state index is -3.22. The number of aryl methyl sites for hydroxylation is 1. The maximum Gasteiger partial charge on any atom is 0.381 e. The van der Waals surface area contributed by atoms with Crippen molar-refractivity contribution in [2.45, 2.75) is 6.92 Å². The summed E-state index contributed by atoms with van der Waals surface area (Å²) in [4.78, 5) is 24.7. The fourth-order valence-corrected chi connectivity index (χ4v) is 3.60. The van der Waals surface area contributed by atoms with Crippen LogP contribution in [-0.4, -0.2) is 60.0 Å². The van der Waals surface area contributed by atoms with Gasteiger partial charge in [0.2, 0.25) is 16.0 Å². The van der Waals surface area contributed by atoms with Gasteiger partial charge in [0.05, 0.1) is 18.6 Å². The molecule has 0 atom stereocenters. The minimum absolute atomic E-state index is 0.0166. The fourth-order valence-electron chi connectivity index (χ4n) is 2.37. The molecule has 0 spiro atoms. The maximum absolute atomic E-state index is 12.5. The number of rotatable bonds is 8. The molecule has 0 aliphatic heterocycles. The largest absolute Gasteiger partial charge is 0.488 e. The van der Waals surface area contributed by atoms with Crippen LogP contribution in [0.2, 0.25) is 0 Å². The van der Waals surface area contributed by atoms with Crippen LogP contribution < -0.4 is 21.0 Å². The topological polar surface area (TPSA) is 158 Å². The van der Waals surface area contributed by atoms with Gasteiger partial charge in [-0.25, -0.2) is 17.9 Å². The number of carbonyl (C=O) groups is 1. The number of anilines is 2. The molecule has 0 radical (unpaired) electrons. The number of aromatic nitrogens is 4. The SMILES string of the molecule is COc1c(NCCS(C)(=O)=O)cc(C(=O)Nc2nnc(-n3nccc3C)s2)oc1=O. The molecule has 3 aromatic heterocycles. The highest BCUT2D eigenvalue weighted by molar-refractivity contribution is 7.90. The number of nitrogens with zero attached hydrogens (tertiary/aromatic N) is 4. The molecule has 3 rings (SSSR count). The van der Waals surface area contributed by atoms with Gasteiger partial charge in [-0.05, 0) is 13.0 Å². The van der Waals surface area contributed by atoms with Crippen LogP contribution in [0.4, 0.5) is 10.8 Å². The first-order valence-corrected chi connectivity index (χ1v) is 11.3. The van der Waals surface area contributed by atoms with Gasteiger partial charge in [0.25, 0.3) is 5.91 Å². The zero-order valence-corrected chi connectivity index (χ0v) is 17.8. The smallest absolute Gasteiger partial charge is 0.381 e. The van der Waals surface area contributed by atoms with Crippen LogP contribution in [0.1, 0.15) is 16.2 Å². The summed E-state index contributed by atoms with van der Waals surface area (Å²) in [6, 6.07) is 3.04. The molecule has 0 saturated heterocycles. The highest BCUT2D eigenvalue weighted by Gasteiger charge is 2.19. The molecule has 0 saturated carbocycles. The van der Waals surface area contributed by atoms with Gasteiger partial charge >= 0.3 is 5.63 Å². The molecule has 0 unspecified atom stereocenters. The van der Waals surface area contributed by atoms with E-state index >= 15 is 0 Å². The molecule has 160 valence electrons. The normalized spacial score (nSPS) is 11.3. The van der Waals surface area contributed by atoms with Crippen LogP contribution in [0.3, 0.4) is 0 Å². The number of amides is 1. The van der Waals surface area contributed by atoms with E-state index in [1.165, 1.54) is 13.2 Å². The lowest BCUT2D eigenvalue weighted by atomic mass is 10.3. The second-order valence-corrected chi connectivity index (χ2v) is 9.35. The Morgan fingerprint density at radius 3 is 2.77 bits per heavy atom. The summed E-state index contributed by atoms with van der Waals surface area (Å²) in [6.07, 6.45) is 2.70. The van der Waals surface area contributed by atoms with Crippen LogP contribution in [0.5, 0.6) is 5.75 Å². The van der Waals surface area contributed by atoms with E-state index in [4.69, 9.17) is 9.15 Å². The van der Waals surface area contributed by atoms with Gasteiger partial charge in [0.1, 0.15) is 9.84 Å². The van der Waals surface area contributed by atoms with Gasteiger partial charge in [-0.1, -0.05) is 11.3 Å². The molecule has 0 aliphatic carbocycles. The van der Waals surface area contributed by atoms with Crippen molar-refractivity contribution in [3.05, 3.63) is 40.2 Å². The zero-order valence-electron chi connectivity index (χ0n) is 16.2. The lowest BCUT2D eigenvalue weighted by Gasteiger charge is -2.10. The monoisotopic (exact) mass is 454 g/mol. The second-order valence-electron chi connectivity index (χ2n) is 6.13. The Kier molecular flexibility index (Phi) is 6.17. The summed E-state index contributed by atoms with van der Waals surface area (Å²) in [5.41, 5.74) is 0.0831. The molecule has 3 aromatic rings. The van der Waals surface area contributed by atoms with Gasteiger partial charge in [-0.15, -0.1) is 10.2 Å². The van der Waals surface area contributed by atoms with Crippen LogP contribution in [0, 0.1) is 6.92 Å². The number of hydrogen-bond donors (Lipinski definition) is 2. The molecule has 1 amide bonds. The third-order valence-electron chi connectivity index (χ3n) is 3.77. The van der Waals surface area contributed by atoms with Crippen LogP contribution >= 0.6 is 11.3 Å². The van der Waals surface area contributed by atoms with E-state index in [9.17, 15) is 18.0 Å². The standard InChI is InChI=1S/C16H18N6O6S2/c1-9-4-5-18-22(9)16-21-20-15(29-16)19-13(23)11-8-10(12(27-2)14(24)28-11)17-6-7-30(3,25)26/h4-5,8,17H,6-7H2,1-3H3,(H,19,20,23). The van der Waals surface area contributed by atoms with Gasteiger partial charge < -0.3 is 14.5 Å². The highest BCUT2D eigenvalue weighted by atomic mass is 32.2. The molecule has 2 N–H and O–H groups in total. The number of ether oxygens (including phenoxy) is 1. The molecule has 0 fully saturated rings. The van der Waals surface area contributed by atoms with Gasteiger partial charge in [-0.3, -0.25) is 10.1 Å². The van der Waals surface area contributed by atoms with Crippen LogP contribution in [0.25, 0.3) is 5.13 Å². The fraction of sp³-hybridized carbons (Fsp3) is 0.312. The molecular weight excluding hydrogens is 436 g/mol. The van der Waals surface area contributed by atoms with Crippen molar-refractivity contribution in [1.82, 2.24) is 20.0 Å². The first-order valence-electron chi connectivity index (χ1n) is 8.47. The van der Waals surface area contributed by atoms with Crippen molar-refractivity contribution >= 4 is 37.9 Å². The third kappa shape index (κ3) is 5.01. The predicted octanol–water partition coefficient (Wildman–Crippen LogP) is 0.703. The van der Waals surface area contributed by atoms with E-state index in [1.54, 1.807) is 16.9 Å². The summed E-state index contributed by atoms with van der Waals surface area (Å²) >= 11 is 1.08. The van der Waals surface area contributed by atoms with E-state index in [-0.39, 0.29) is 34.6 Å². The van der Waals surface area contributed by atoms with Crippen molar-refractivity contribution in [3.63, 3.8) is 0 Å². The molecule has 3 heterocycles. The third-order valence-corrected chi connectivity index (χ3v) is 5.53. The molecule has 12 nitrogen and oxygen atoms in total. The lowest BCUT2D eigenvalue weighted by Crippen LogP contribution is -2.19. The van der Waals surface area contributed by atoms with E-state index < -0.39 is 21.4 Å². The molecule has 30 heavy (non-hydrogen) atoms. The van der Waals surface area contributed by atoms with E-state index in [0.29, 0.717) is 5.13 Å². The van der Waals surface area contributed by atoms with Crippen molar-refractivity contribution in [3.8, 4) is 10.9 Å². The van der Waals surface area contributed by atoms with Crippen molar-refractivity contribution in [2.75, 3.05) is 36.3 Å². The molecule has 0 aliphatic rings. The Morgan fingerprint density at radius 1 is 1.37 bits per heavy atom. The van der Waals surface area contributed by atoms with E-state index in [0.717, 1.165) is 23.3 Å². The zero-order chi connectivity index (χ0) is 21.9. The van der Waals surface area contributed by atoms with Crippen LogP contribution in [0.15, 0.2) is 27.5 Å². The Morgan fingerprint density at radius 2 is 2.13 bits per heavy atom. The summed E-state index contributed by atoms with van der Waals surface area (Å²) in [6.45, 7) is 1.86. The molecule has 0 bridgehead atoms. The number of methoxy groups -OCH3 is 1. The molecule has 14 heteroatoms. The van der Waals surface area contributed by atoms with Crippen molar-refractivity contribution in [2.24, 2.45) is 0 Å². The summed E-state index contributed by atoms with van der Waals surface area (Å²) in [7, 11) is -1.96. The van der Waals surface area contributed by atoms with Gasteiger partial charge in [0, 0.05) is 30.8 Å². The number of nitrogens with one attached hydrogen (secondary N) is 2. The predicted molar refractivity (Wildman–Crippen MR) is 109 cm³/mol. The number of hydrogen-bond acceptors (Lipinski definition) is 11. The van der Waals surface area contributed by atoms with Crippen molar-refractivity contribution < 1.29 is 22.4 Å². The maximum atomic E-state index is 12.5. The van der Waals surface area contributed by atoms with E-state index in [2.05, 4.69) is 25.9 Å². The Labute approximate surface area is 174 Å². The summed E-state index contributed by atoms with van der Waals surface area (Å²) in [5.74, 6) is -1.39. The first-order chi connectivity index (χ1) is 14.2. The second kappa shape index (κ2) is 8.62. The minimum Gasteiger partial charge on any atom is -0.488 e. The number of carbonyl (C=O) groups excluding carboxylic acids is 1. The lowest BCUT2D eigenvalue weighted by molar-refractivity contribution is 0.0991. The van der Waals surface area contributed by atoms with Crippen LogP contribution in [-0.2, 0) is 9.84 Å². The Bertz CT molecular complexity index is 1230. The van der Waals surface area contributed by atoms with E-state index in [1.807, 2.05) is 6.92 Å². The highest BCUT2D eigenvalue weighted by Crippen LogP contribution is 2.23. The Hall–Kier alpha value is -3.26. The quantitative estimate of drug-likeness (QED) is 0.496. The summed E-state index contributed by atoms with van der Waals surface area (Å²) < 4.78 is 34.1. The first kappa shape index (κ1) is 21.4. The molecular formula is C16H18N6O6S2. The Balaban J connectivity index is 1.79. The molecule has 0 aromatic carbocycles.